The molecule has 116 valence electrons. The minimum absolute atomic E-state index is 0.0951. The number of benzene rings is 1. The summed E-state index contributed by atoms with van der Waals surface area (Å²) in [6, 6.07) is 10.2. The Balaban J connectivity index is 1.58. The lowest BCUT2D eigenvalue weighted by Gasteiger charge is -2.09. The maximum absolute atomic E-state index is 12.0. The van der Waals surface area contributed by atoms with Crippen LogP contribution in [0.1, 0.15) is 23.4 Å². The van der Waals surface area contributed by atoms with Gasteiger partial charge in [-0.25, -0.2) is 0 Å². The first-order valence-electron chi connectivity index (χ1n) is 7.14. The van der Waals surface area contributed by atoms with Crippen LogP contribution in [-0.2, 0) is 4.74 Å². The summed E-state index contributed by atoms with van der Waals surface area (Å²) >= 11 is 6.01. The SMILES string of the molecule is O=C(NC[C@@H]1CCCO1)c1ccc(Oc2ccccc2Cl)o1. The molecular formula is C16H16ClNO4. The normalized spacial score (nSPS) is 17.4. The maximum atomic E-state index is 12.0. The monoisotopic (exact) mass is 321 g/mol. The van der Waals surface area contributed by atoms with E-state index in [4.69, 9.17) is 25.5 Å². The van der Waals surface area contributed by atoms with E-state index in [0.717, 1.165) is 19.4 Å². The molecule has 0 aliphatic carbocycles. The molecule has 2 heterocycles. The van der Waals surface area contributed by atoms with Gasteiger partial charge in [0.15, 0.2) is 5.76 Å². The van der Waals surface area contributed by atoms with Crippen molar-refractivity contribution in [3.05, 3.63) is 47.2 Å². The lowest BCUT2D eigenvalue weighted by molar-refractivity contribution is 0.0831. The van der Waals surface area contributed by atoms with Crippen molar-refractivity contribution in [3.63, 3.8) is 0 Å². The van der Waals surface area contributed by atoms with Crippen LogP contribution in [0.4, 0.5) is 0 Å². The molecule has 0 unspecified atom stereocenters. The van der Waals surface area contributed by atoms with Gasteiger partial charge in [-0.15, -0.1) is 0 Å². The number of nitrogens with one attached hydrogen (secondary N) is 1. The predicted octanol–water partition coefficient (Wildman–Crippen LogP) is 3.63. The molecule has 1 aromatic carbocycles. The van der Waals surface area contributed by atoms with E-state index in [-0.39, 0.29) is 23.7 Å². The molecule has 1 saturated heterocycles. The fourth-order valence-electron chi connectivity index (χ4n) is 2.23. The number of hydrogen-bond acceptors (Lipinski definition) is 4. The smallest absolute Gasteiger partial charge is 0.290 e. The first-order chi connectivity index (χ1) is 10.7. The Morgan fingerprint density at radius 2 is 2.18 bits per heavy atom. The molecule has 6 heteroatoms. The van der Waals surface area contributed by atoms with Crippen LogP contribution in [-0.4, -0.2) is 25.2 Å². The van der Waals surface area contributed by atoms with E-state index < -0.39 is 0 Å². The Morgan fingerprint density at radius 3 is 2.95 bits per heavy atom. The summed E-state index contributed by atoms with van der Waals surface area (Å²) in [6.07, 6.45) is 2.11. The molecule has 0 spiro atoms. The highest BCUT2D eigenvalue weighted by Crippen LogP contribution is 2.29. The van der Waals surface area contributed by atoms with Crippen LogP contribution >= 0.6 is 11.6 Å². The average Bonchev–Trinajstić information content (AvgIpc) is 3.19. The van der Waals surface area contributed by atoms with E-state index >= 15 is 0 Å². The van der Waals surface area contributed by atoms with Crippen LogP contribution in [0.15, 0.2) is 40.8 Å². The second-order valence-corrected chi connectivity index (χ2v) is 5.40. The molecular weight excluding hydrogens is 306 g/mol. The van der Waals surface area contributed by atoms with Crippen molar-refractivity contribution in [3.8, 4) is 11.7 Å². The zero-order chi connectivity index (χ0) is 15.4. The van der Waals surface area contributed by atoms with Crippen molar-refractivity contribution in [2.75, 3.05) is 13.2 Å². The molecule has 1 fully saturated rings. The summed E-state index contributed by atoms with van der Waals surface area (Å²) in [7, 11) is 0. The third-order valence-corrected chi connectivity index (χ3v) is 3.68. The number of rotatable bonds is 5. The standard InChI is InChI=1S/C16H16ClNO4/c17-12-5-1-2-6-13(12)21-15-8-7-14(22-15)16(19)18-10-11-4-3-9-20-11/h1-2,5-8,11H,3-4,9-10H2,(H,18,19)/t11-/m0/s1. The van der Waals surface area contributed by atoms with Crippen LogP contribution < -0.4 is 10.1 Å². The molecule has 1 aliphatic heterocycles. The Labute approximate surface area is 133 Å². The summed E-state index contributed by atoms with van der Waals surface area (Å²) in [6.45, 7) is 1.25. The third kappa shape index (κ3) is 3.61. The van der Waals surface area contributed by atoms with Crippen LogP contribution in [0.2, 0.25) is 5.02 Å². The van der Waals surface area contributed by atoms with E-state index in [9.17, 15) is 4.79 Å². The van der Waals surface area contributed by atoms with Crippen molar-refractivity contribution in [2.24, 2.45) is 0 Å². The van der Waals surface area contributed by atoms with Crippen LogP contribution in [0.25, 0.3) is 0 Å². The van der Waals surface area contributed by atoms with Gasteiger partial charge in [-0.05, 0) is 31.0 Å². The number of carbonyl (C=O) groups excluding carboxylic acids is 1. The van der Waals surface area contributed by atoms with E-state index in [1.54, 1.807) is 36.4 Å². The fraction of sp³-hybridized carbons (Fsp3) is 0.312. The van der Waals surface area contributed by atoms with Crippen LogP contribution in [0, 0.1) is 0 Å². The first kappa shape index (κ1) is 14.9. The van der Waals surface area contributed by atoms with Crippen LogP contribution in [0.5, 0.6) is 11.7 Å². The Bertz CT molecular complexity index is 649. The topological polar surface area (TPSA) is 60.7 Å². The average molecular weight is 322 g/mol. The molecule has 1 N–H and O–H groups in total. The number of ether oxygens (including phenoxy) is 2. The highest BCUT2D eigenvalue weighted by atomic mass is 35.5. The highest BCUT2D eigenvalue weighted by molar-refractivity contribution is 6.32. The molecule has 0 bridgehead atoms. The Kier molecular flexibility index (Phi) is 4.65. The van der Waals surface area contributed by atoms with Gasteiger partial charge in [0.25, 0.3) is 11.9 Å². The molecule has 1 aromatic heterocycles. The predicted molar refractivity (Wildman–Crippen MR) is 81.5 cm³/mol. The summed E-state index contributed by atoms with van der Waals surface area (Å²) in [5.41, 5.74) is 0. The van der Waals surface area contributed by atoms with Crippen LogP contribution in [0.3, 0.4) is 0 Å². The number of amides is 1. The second kappa shape index (κ2) is 6.85. The maximum Gasteiger partial charge on any atom is 0.290 e. The summed E-state index contributed by atoms with van der Waals surface area (Å²) in [5, 5.41) is 3.27. The molecule has 1 aliphatic rings. The number of carbonyl (C=O) groups is 1. The van der Waals surface area contributed by atoms with Crippen molar-refractivity contribution < 1.29 is 18.7 Å². The quantitative estimate of drug-likeness (QED) is 0.913. The lowest BCUT2D eigenvalue weighted by Crippen LogP contribution is -2.31. The molecule has 1 amide bonds. The van der Waals surface area contributed by atoms with Gasteiger partial charge in [0.1, 0.15) is 5.75 Å². The lowest BCUT2D eigenvalue weighted by atomic mass is 10.2. The molecule has 0 saturated carbocycles. The molecule has 3 rings (SSSR count). The summed E-state index contributed by atoms with van der Waals surface area (Å²) in [5.74, 6) is 0.602. The highest BCUT2D eigenvalue weighted by Gasteiger charge is 2.18. The van der Waals surface area contributed by atoms with Gasteiger partial charge < -0.3 is 19.2 Å². The molecule has 2 aromatic rings. The minimum Gasteiger partial charge on any atom is -0.424 e. The van der Waals surface area contributed by atoms with Crippen molar-refractivity contribution in [2.45, 2.75) is 18.9 Å². The molecule has 22 heavy (non-hydrogen) atoms. The minimum atomic E-state index is -0.287. The number of furan rings is 1. The van der Waals surface area contributed by atoms with Crippen molar-refractivity contribution >= 4 is 17.5 Å². The molecule has 5 nitrogen and oxygen atoms in total. The van der Waals surface area contributed by atoms with E-state index in [1.807, 2.05) is 0 Å². The van der Waals surface area contributed by atoms with Gasteiger partial charge in [-0.1, -0.05) is 23.7 Å². The summed E-state index contributed by atoms with van der Waals surface area (Å²) in [4.78, 5) is 12.0. The Hall–Kier alpha value is -1.98. The fourth-order valence-corrected chi connectivity index (χ4v) is 2.41. The van der Waals surface area contributed by atoms with Gasteiger partial charge in [0, 0.05) is 19.2 Å². The second-order valence-electron chi connectivity index (χ2n) is 5.00. The third-order valence-electron chi connectivity index (χ3n) is 3.37. The van der Waals surface area contributed by atoms with E-state index in [0.29, 0.717) is 17.3 Å². The van der Waals surface area contributed by atoms with Gasteiger partial charge in [0.05, 0.1) is 11.1 Å². The molecule has 0 radical (unpaired) electrons. The number of hydrogen-bond donors (Lipinski definition) is 1. The van der Waals surface area contributed by atoms with Gasteiger partial charge in [-0.3, -0.25) is 4.79 Å². The van der Waals surface area contributed by atoms with Crippen molar-refractivity contribution in [1.82, 2.24) is 5.32 Å². The van der Waals surface area contributed by atoms with Crippen molar-refractivity contribution in [1.29, 1.82) is 0 Å². The Morgan fingerprint density at radius 1 is 1.32 bits per heavy atom. The zero-order valence-electron chi connectivity index (χ0n) is 11.9. The largest absolute Gasteiger partial charge is 0.424 e. The summed E-state index contributed by atoms with van der Waals surface area (Å²) < 4.78 is 16.4. The van der Waals surface area contributed by atoms with Gasteiger partial charge >= 0.3 is 0 Å². The van der Waals surface area contributed by atoms with E-state index in [2.05, 4.69) is 5.32 Å². The van der Waals surface area contributed by atoms with E-state index in [1.165, 1.54) is 0 Å². The zero-order valence-corrected chi connectivity index (χ0v) is 12.6. The van der Waals surface area contributed by atoms with Gasteiger partial charge in [0.2, 0.25) is 0 Å². The van der Waals surface area contributed by atoms with Gasteiger partial charge in [-0.2, -0.15) is 0 Å². The molecule has 1 atom stereocenters. The number of halogens is 1. The number of para-hydroxylation sites is 1. The first-order valence-corrected chi connectivity index (χ1v) is 7.52.